The van der Waals surface area contributed by atoms with Crippen LogP contribution >= 0.6 is 0 Å². The third kappa shape index (κ3) is 4.46. The SMILES string of the molecule is C[C@H](O)c1ccc(-c2ccc(CNC3CCCCCC3)o2)cc1. The molecule has 2 N–H and O–H groups in total. The molecular formula is C20H27NO2. The van der Waals surface area contributed by atoms with Gasteiger partial charge in [-0.15, -0.1) is 0 Å². The van der Waals surface area contributed by atoms with Crippen molar-refractivity contribution in [1.82, 2.24) is 5.32 Å². The summed E-state index contributed by atoms with van der Waals surface area (Å²) in [7, 11) is 0. The van der Waals surface area contributed by atoms with E-state index >= 15 is 0 Å². The normalized spacial score (nSPS) is 17.8. The average molecular weight is 313 g/mol. The molecule has 1 fully saturated rings. The van der Waals surface area contributed by atoms with E-state index in [2.05, 4.69) is 11.4 Å². The Morgan fingerprint density at radius 2 is 1.74 bits per heavy atom. The minimum atomic E-state index is -0.431. The number of hydrogen-bond donors (Lipinski definition) is 2. The van der Waals surface area contributed by atoms with Crippen molar-refractivity contribution in [2.24, 2.45) is 0 Å². The Kier molecular flexibility index (Phi) is 5.52. The maximum absolute atomic E-state index is 9.57. The van der Waals surface area contributed by atoms with Crippen LogP contribution in [0.2, 0.25) is 0 Å². The van der Waals surface area contributed by atoms with Gasteiger partial charge in [0.2, 0.25) is 0 Å². The Hall–Kier alpha value is -1.58. The molecule has 1 aromatic carbocycles. The van der Waals surface area contributed by atoms with Gasteiger partial charge < -0.3 is 14.8 Å². The van der Waals surface area contributed by atoms with E-state index in [1.165, 1.54) is 38.5 Å². The second-order valence-electron chi connectivity index (χ2n) is 6.63. The molecule has 23 heavy (non-hydrogen) atoms. The van der Waals surface area contributed by atoms with Crippen LogP contribution in [0.5, 0.6) is 0 Å². The Morgan fingerprint density at radius 1 is 1.04 bits per heavy atom. The van der Waals surface area contributed by atoms with Gasteiger partial charge in [-0.05, 0) is 37.5 Å². The summed E-state index contributed by atoms with van der Waals surface area (Å²) in [5, 5.41) is 13.2. The highest BCUT2D eigenvalue weighted by molar-refractivity contribution is 5.58. The van der Waals surface area contributed by atoms with E-state index in [-0.39, 0.29) is 0 Å². The number of aliphatic hydroxyl groups is 1. The highest BCUT2D eigenvalue weighted by Gasteiger charge is 2.12. The molecule has 0 radical (unpaired) electrons. The van der Waals surface area contributed by atoms with Crippen molar-refractivity contribution < 1.29 is 9.52 Å². The van der Waals surface area contributed by atoms with Crippen molar-refractivity contribution in [3.8, 4) is 11.3 Å². The van der Waals surface area contributed by atoms with Gasteiger partial charge in [-0.25, -0.2) is 0 Å². The molecule has 0 spiro atoms. The van der Waals surface area contributed by atoms with Crippen LogP contribution in [0.4, 0.5) is 0 Å². The standard InChI is InChI=1S/C20H27NO2/c1-15(22)16-8-10-17(11-9-16)20-13-12-19(23-20)14-21-18-6-4-2-3-5-7-18/h8-13,15,18,21-22H,2-7,14H2,1H3/t15-/m0/s1. The van der Waals surface area contributed by atoms with E-state index in [1.54, 1.807) is 6.92 Å². The van der Waals surface area contributed by atoms with Crippen molar-refractivity contribution in [2.45, 2.75) is 64.1 Å². The van der Waals surface area contributed by atoms with Gasteiger partial charge >= 0.3 is 0 Å². The van der Waals surface area contributed by atoms with Crippen LogP contribution in [0.25, 0.3) is 11.3 Å². The molecule has 0 saturated heterocycles. The zero-order valence-electron chi connectivity index (χ0n) is 13.9. The van der Waals surface area contributed by atoms with Gasteiger partial charge in [-0.3, -0.25) is 0 Å². The summed E-state index contributed by atoms with van der Waals surface area (Å²) in [4.78, 5) is 0. The summed E-state index contributed by atoms with van der Waals surface area (Å²) in [6.07, 6.45) is 7.59. The summed E-state index contributed by atoms with van der Waals surface area (Å²) >= 11 is 0. The molecule has 1 aromatic heterocycles. The van der Waals surface area contributed by atoms with E-state index in [9.17, 15) is 5.11 Å². The van der Waals surface area contributed by atoms with E-state index in [0.717, 1.165) is 29.2 Å². The van der Waals surface area contributed by atoms with E-state index in [0.29, 0.717) is 6.04 Å². The lowest BCUT2D eigenvalue weighted by atomic mass is 10.1. The van der Waals surface area contributed by atoms with Crippen molar-refractivity contribution in [3.05, 3.63) is 47.7 Å². The summed E-state index contributed by atoms with van der Waals surface area (Å²) in [6, 6.07) is 12.6. The van der Waals surface area contributed by atoms with E-state index in [4.69, 9.17) is 4.42 Å². The number of aliphatic hydroxyl groups excluding tert-OH is 1. The Balaban J connectivity index is 1.59. The fourth-order valence-corrected chi connectivity index (χ4v) is 3.28. The monoisotopic (exact) mass is 313 g/mol. The molecule has 3 heteroatoms. The van der Waals surface area contributed by atoms with Crippen molar-refractivity contribution in [2.75, 3.05) is 0 Å². The van der Waals surface area contributed by atoms with Gasteiger partial charge in [0.05, 0.1) is 12.6 Å². The van der Waals surface area contributed by atoms with Gasteiger partial charge in [0.1, 0.15) is 11.5 Å². The summed E-state index contributed by atoms with van der Waals surface area (Å²) in [5.41, 5.74) is 1.98. The Labute approximate surface area is 138 Å². The first-order valence-corrected chi connectivity index (χ1v) is 8.83. The third-order valence-corrected chi connectivity index (χ3v) is 4.76. The Bertz CT molecular complexity index is 592. The molecule has 0 aliphatic heterocycles. The first-order valence-electron chi connectivity index (χ1n) is 8.83. The van der Waals surface area contributed by atoms with Gasteiger partial charge in [0.25, 0.3) is 0 Å². The van der Waals surface area contributed by atoms with E-state index < -0.39 is 6.10 Å². The van der Waals surface area contributed by atoms with Crippen LogP contribution < -0.4 is 5.32 Å². The molecule has 1 heterocycles. The quantitative estimate of drug-likeness (QED) is 0.778. The average Bonchev–Trinajstić information content (AvgIpc) is 2.88. The number of hydrogen-bond acceptors (Lipinski definition) is 3. The molecule has 124 valence electrons. The topological polar surface area (TPSA) is 45.4 Å². The van der Waals surface area contributed by atoms with Crippen LogP contribution in [0.15, 0.2) is 40.8 Å². The number of nitrogens with one attached hydrogen (secondary N) is 1. The molecule has 1 aliphatic rings. The highest BCUT2D eigenvalue weighted by Crippen LogP contribution is 2.24. The van der Waals surface area contributed by atoms with Gasteiger partial charge in [0.15, 0.2) is 0 Å². The molecule has 0 unspecified atom stereocenters. The van der Waals surface area contributed by atoms with Crippen LogP contribution in [-0.4, -0.2) is 11.1 Å². The molecule has 3 nitrogen and oxygen atoms in total. The molecule has 1 atom stereocenters. The number of furan rings is 1. The predicted octanol–water partition coefficient (Wildman–Crippen LogP) is 4.81. The molecule has 0 bridgehead atoms. The first-order chi connectivity index (χ1) is 11.2. The molecule has 3 rings (SSSR count). The maximum atomic E-state index is 9.57. The molecular weight excluding hydrogens is 286 g/mol. The van der Waals surface area contributed by atoms with Crippen molar-refractivity contribution in [3.63, 3.8) is 0 Å². The fourth-order valence-electron chi connectivity index (χ4n) is 3.28. The van der Waals surface area contributed by atoms with Crippen LogP contribution in [-0.2, 0) is 6.54 Å². The smallest absolute Gasteiger partial charge is 0.134 e. The summed E-state index contributed by atoms with van der Waals surface area (Å²) in [6.45, 7) is 2.58. The number of rotatable bonds is 5. The van der Waals surface area contributed by atoms with Gasteiger partial charge in [0, 0.05) is 11.6 Å². The fraction of sp³-hybridized carbons (Fsp3) is 0.500. The molecule has 0 amide bonds. The molecule has 2 aromatic rings. The second kappa shape index (κ2) is 7.80. The lowest BCUT2D eigenvalue weighted by Gasteiger charge is -2.14. The molecule has 1 saturated carbocycles. The highest BCUT2D eigenvalue weighted by atomic mass is 16.3. The number of benzene rings is 1. The second-order valence-corrected chi connectivity index (χ2v) is 6.63. The largest absolute Gasteiger partial charge is 0.460 e. The lowest BCUT2D eigenvalue weighted by Crippen LogP contribution is -2.27. The van der Waals surface area contributed by atoms with Crippen LogP contribution in [0.3, 0.4) is 0 Å². The van der Waals surface area contributed by atoms with Crippen molar-refractivity contribution >= 4 is 0 Å². The summed E-state index contributed by atoms with van der Waals surface area (Å²) < 4.78 is 5.97. The van der Waals surface area contributed by atoms with Crippen LogP contribution in [0, 0.1) is 0 Å². The van der Waals surface area contributed by atoms with E-state index in [1.807, 2.05) is 30.3 Å². The first kappa shape index (κ1) is 16.3. The van der Waals surface area contributed by atoms with Crippen molar-refractivity contribution in [1.29, 1.82) is 0 Å². The minimum Gasteiger partial charge on any atom is -0.460 e. The van der Waals surface area contributed by atoms with Crippen LogP contribution in [0.1, 0.15) is 62.9 Å². The van der Waals surface area contributed by atoms with Gasteiger partial charge in [-0.1, -0.05) is 49.9 Å². The maximum Gasteiger partial charge on any atom is 0.134 e. The summed E-state index contributed by atoms with van der Waals surface area (Å²) in [5.74, 6) is 1.88. The zero-order valence-corrected chi connectivity index (χ0v) is 13.9. The minimum absolute atomic E-state index is 0.431. The third-order valence-electron chi connectivity index (χ3n) is 4.76. The lowest BCUT2D eigenvalue weighted by molar-refractivity contribution is 0.199. The molecule has 1 aliphatic carbocycles. The Morgan fingerprint density at radius 3 is 2.39 bits per heavy atom. The zero-order chi connectivity index (χ0) is 16.1. The predicted molar refractivity (Wildman–Crippen MR) is 93.1 cm³/mol. The van der Waals surface area contributed by atoms with Gasteiger partial charge in [-0.2, -0.15) is 0 Å².